The van der Waals surface area contributed by atoms with Gasteiger partial charge in [-0.25, -0.2) is 4.98 Å². The van der Waals surface area contributed by atoms with Crippen molar-refractivity contribution in [1.82, 2.24) is 9.97 Å². The highest BCUT2D eigenvalue weighted by atomic mass is 16.5. The standard InChI is InChI=1S/C10H16N2O3/c1-4-10(2,14)8(13)7-9(15-3)12-6-5-11-7/h5-6,8,13-14H,4H2,1-3H3. The number of rotatable bonds is 4. The summed E-state index contributed by atoms with van der Waals surface area (Å²) < 4.78 is 4.96. The lowest BCUT2D eigenvalue weighted by Gasteiger charge is -2.27. The van der Waals surface area contributed by atoms with E-state index in [9.17, 15) is 10.2 Å². The molecule has 15 heavy (non-hydrogen) atoms. The summed E-state index contributed by atoms with van der Waals surface area (Å²) in [6.45, 7) is 3.33. The monoisotopic (exact) mass is 212 g/mol. The van der Waals surface area contributed by atoms with Crippen molar-refractivity contribution in [2.24, 2.45) is 0 Å². The summed E-state index contributed by atoms with van der Waals surface area (Å²) in [6.07, 6.45) is 2.22. The van der Waals surface area contributed by atoms with E-state index in [1.165, 1.54) is 19.5 Å². The zero-order valence-corrected chi connectivity index (χ0v) is 9.14. The van der Waals surface area contributed by atoms with Crippen molar-refractivity contribution in [3.8, 4) is 5.88 Å². The van der Waals surface area contributed by atoms with Crippen LogP contribution in [0.15, 0.2) is 12.4 Å². The van der Waals surface area contributed by atoms with Crippen LogP contribution in [0.2, 0.25) is 0 Å². The summed E-state index contributed by atoms with van der Waals surface area (Å²) in [6, 6.07) is 0. The highest BCUT2D eigenvalue weighted by molar-refractivity contribution is 5.22. The molecule has 0 amide bonds. The molecule has 84 valence electrons. The Morgan fingerprint density at radius 3 is 2.60 bits per heavy atom. The molecule has 2 N–H and O–H groups in total. The van der Waals surface area contributed by atoms with Gasteiger partial charge in [0.05, 0.1) is 12.7 Å². The predicted octanol–water partition coefficient (Wildman–Crippen LogP) is 0.680. The zero-order chi connectivity index (χ0) is 11.5. The smallest absolute Gasteiger partial charge is 0.238 e. The molecule has 1 aromatic rings. The summed E-state index contributed by atoms with van der Waals surface area (Å²) in [7, 11) is 1.45. The van der Waals surface area contributed by atoms with E-state index in [1.54, 1.807) is 13.8 Å². The van der Waals surface area contributed by atoms with Gasteiger partial charge in [-0.2, -0.15) is 0 Å². The summed E-state index contributed by atoms with van der Waals surface area (Å²) in [5.74, 6) is 0.235. The van der Waals surface area contributed by atoms with Crippen LogP contribution in [0.5, 0.6) is 5.88 Å². The van der Waals surface area contributed by atoms with E-state index in [0.717, 1.165) is 0 Å². The van der Waals surface area contributed by atoms with Crippen molar-refractivity contribution >= 4 is 0 Å². The van der Waals surface area contributed by atoms with Crippen molar-refractivity contribution < 1.29 is 14.9 Å². The predicted molar refractivity (Wildman–Crippen MR) is 54.5 cm³/mol. The van der Waals surface area contributed by atoms with Crippen molar-refractivity contribution in [2.45, 2.75) is 32.0 Å². The maximum atomic E-state index is 9.93. The number of methoxy groups -OCH3 is 1. The summed E-state index contributed by atoms with van der Waals surface area (Å²) in [4.78, 5) is 7.88. The third-order valence-corrected chi connectivity index (χ3v) is 2.45. The Morgan fingerprint density at radius 1 is 1.47 bits per heavy atom. The van der Waals surface area contributed by atoms with Crippen LogP contribution in [-0.2, 0) is 0 Å². The maximum absolute atomic E-state index is 9.93. The van der Waals surface area contributed by atoms with Crippen molar-refractivity contribution in [1.29, 1.82) is 0 Å². The molecule has 1 aromatic heterocycles. The molecule has 5 heteroatoms. The summed E-state index contributed by atoms with van der Waals surface area (Å²) in [5.41, 5.74) is -0.976. The van der Waals surface area contributed by atoms with Crippen LogP contribution in [0.3, 0.4) is 0 Å². The molecule has 5 nitrogen and oxygen atoms in total. The normalized spacial score (nSPS) is 16.9. The van der Waals surface area contributed by atoms with E-state index in [4.69, 9.17) is 4.74 Å². The summed E-state index contributed by atoms with van der Waals surface area (Å²) in [5, 5.41) is 19.8. The first-order chi connectivity index (χ1) is 7.03. The first-order valence-corrected chi connectivity index (χ1v) is 4.78. The highest BCUT2D eigenvalue weighted by Gasteiger charge is 2.33. The number of hydrogen-bond donors (Lipinski definition) is 2. The Bertz CT molecular complexity index is 328. The third-order valence-electron chi connectivity index (χ3n) is 2.45. The minimum atomic E-state index is -1.23. The second-order valence-electron chi connectivity index (χ2n) is 3.56. The van der Waals surface area contributed by atoms with Gasteiger partial charge in [-0.05, 0) is 13.3 Å². The minimum Gasteiger partial charge on any atom is -0.480 e. The fraction of sp³-hybridized carbons (Fsp3) is 0.600. The Labute approximate surface area is 88.8 Å². The largest absolute Gasteiger partial charge is 0.480 e. The first kappa shape index (κ1) is 11.9. The number of aliphatic hydroxyl groups is 2. The van der Waals surface area contributed by atoms with Gasteiger partial charge < -0.3 is 14.9 Å². The lowest BCUT2D eigenvalue weighted by molar-refractivity contribution is -0.0689. The molecule has 0 saturated carbocycles. The van der Waals surface area contributed by atoms with Gasteiger partial charge in [0.25, 0.3) is 0 Å². The number of nitrogens with zero attached hydrogens (tertiary/aromatic N) is 2. The molecule has 0 saturated heterocycles. The van der Waals surface area contributed by atoms with Crippen LogP contribution in [-0.4, -0.2) is 32.9 Å². The second kappa shape index (κ2) is 4.55. The van der Waals surface area contributed by atoms with Crippen LogP contribution in [0.4, 0.5) is 0 Å². The van der Waals surface area contributed by atoms with Crippen molar-refractivity contribution in [2.75, 3.05) is 7.11 Å². The van der Waals surface area contributed by atoms with Crippen molar-refractivity contribution in [3.05, 3.63) is 18.1 Å². The number of ether oxygens (including phenoxy) is 1. The third kappa shape index (κ3) is 2.43. The highest BCUT2D eigenvalue weighted by Crippen LogP contribution is 2.30. The Balaban J connectivity index is 3.05. The van der Waals surface area contributed by atoms with E-state index < -0.39 is 11.7 Å². The van der Waals surface area contributed by atoms with Gasteiger partial charge in [-0.15, -0.1) is 0 Å². The molecule has 0 aromatic carbocycles. The Kier molecular flexibility index (Phi) is 3.60. The fourth-order valence-electron chi connectivity index (χ4n) is 1.17. The number of aliphatic hydroxyl groups excluding tert-OH is 1. The van der Waals surface area contributed by atoms with E-state index in [1.807, 2.05) is 0 Å². The van der Waals surface area contributed by atoms with E-state index in [2.05, 4.69) is 9.97 Å². The molecule has 1 heterocycles. The minimum absolute atomic E-state index is 0.235. The number of hydrogen-bond acceptors (Lipinski definition) is 5. The van der Waals surface area contributed by atoms with E-state index in [-0.39, 0.29) is 11.6 Å². The fourth-order valence-corrected chi connectivity index (χ4v) is 1.17. The van der Waals surface area contributed by atoms with Gasteiger partial charge in [0.2, 0.25) is 5.88 Å². The van der Waals surface area contributed by atoms with Gasteiger partial charge in [-0.3, -0.25) is 4.98 Å². The molecule has 0 spiro atoms. The second-order valence-corrected chi connectivity index (χ2v) is 3.56. The van der Waals surface area contributed by atoms with Crippen LogP contribution in [0.25, 0.3) is 0 Å². The maximum Gasteiger partial charge on any atom is 0.238 e. The average Bonchev–Trinajstić information content (AvgIpc) is 2.28. The van der Waals surface area contributed by atoms with E-state index >= 15 is 0 Å². The molecule has 1 rings (SSSR count). The van der Waals surface area contributed by atoms with Gasteiger partial charge in [0, 0.05) is 12.4 Å². The molecule has 0 aliphatic rings. The lowest BCUT2D eigenvalue weighted by atomic mass is 9.94. The SMILES string of the molecule is CCC(C)(O)C(O)c1nccnc1OC. The average molecular weight is 212 g/mol. The molecule has 0 aliphatic carbocycles. The van der Waals surface area contributed by atoms with Crippen LogP contribution < -0.4 is 4.74 Å². The van der Waals surface area contributed by atoms with Crippen LogP contribution >= 0.6 is 0 Å². The van der Waals surface area contributed by atoms with Crippen LogP contribution in [0.1, 0.15) is 32.1 Å². The van der Waals surface area contributed by atoms with Gasteiger partial charge in [0.1, 0.15) is 11.8 Å². The van der Waals surface area contributed by atoms with E-state index in [0.29, 0.717) is 6.42 Å². The molecule has 0 aliphatic heterocycles. The lowest BCUT2D eigenvalue weighted by Crippen LogP contribution is -2.32. The molecule has 0 radical (unpaired) electrons. The van der Waals surface area contributed by atoms with Crippen LogP contribution in [0, 0.1) is 0 Å². The molecular formula is C10H16N2O3. The van der Waals surface area contributed by atoms with Gasteiger partial charge in [-0.1, -0.05) is 6.92 Å². The molecule has 2 atom stereocenters. The molecule has 2 unspecified atom stereocenters. The number of aromatic nitrogens is 2. The quantitative estimate of drug-likeness (QED) is 0.767. The Morgan fingerprint density at radius 2 is 2.07 bits per heavy atom. The molecular weight excluding hydrogens is 196 g/mol. The van der Waals surface area contributed by atoms with Gasteiger partial charge in [0.15, 0.2) is 0 Å². The first-order valence-electron chi connectivity index (χ1n) is 4.78. The van der Waals surface area contributed by atoms with Gasteiger partial charge >= 0.3 is 0 Å². The topological polar surface area (TPSA) is 75.5 Å². The summed E-state index contributed by atoms with van der Waals surface area (Å²) >= 11 is 0. The molecule has 0 bridgehead atoms. The molecule has 0 fully saturated rings. The van der Waals surface area contributed by atoms with Crippen molar-refractivity contribution in [3.63, 3.8) is 0 Å². The Hall–Kier alpha value is -1.20. The zero-order valence-electron chi connectivity index (χ0n) is 9.14.